The SMILES string of the molecule is C#CCN(CC)Cc1ccc(CNC)o1. The summed E-state index contributed by atoms with van der Waals surface area (Å²) in [6.07, 6.45) is 5.28. The Balaban J connectivity index is 2.52. The molecule has 0 radical (unpaired) electrons. The molecule has 0 aliphatic carbocycles. The first-order chi connectivity index (χ1) is 7.30. The molecule has 3 heteroatoms. The van der Waals surface area contributed by atoms with Crippen molar-refractivity contribution in [2.24, 2.45) is 0 Å². The summed E-state index contributed by atoms with van der Waals surface area (Å²) in [5.41, 5.74) is 0. The van der Waals surface area contributed by atoms with E-state index in [1.165, 1.54) is 0 Å². The molecule has 1 N–H and O–H groups in total. The first-order valence-electron chi connectivity index (χ1n) is 5.18. The van der Waals surface area contributed by atoms with Crippen molar-refractivity contribution in [1.82, 2.24) is 10.2 Å². The predicted molar refractivity (Wildman–Crippen MR) is 61.3 cm³/mol. The van der Waals surface area contributed by atoms with E-state index in [9.17, 15) is 0 Å². The van der Waals surface area contributed by atoms with Gasteiger partial charge in [0.15, 0.2) is 0 Å². The highest BCUT2D eigenvalue weighted by molar-refractivity contribution is 5.07. The zero-order valence-corrected chi connectivity index (χ0v) is 9.42. The fourth-order valence-electron chi connectivity index (χ4n) is 1.41. The molecular weight excluding hydrogens is 188 g/mol. The first-order valence-corrected chi connectivity index (χ1v) is 5.18. The molecule has 0 spiro atoms. The molecule has 0 aromatic carbocycles. The van der Waals surface area contributed by atoms with E-state index in [0.29, 0.717) is 6.54 Å². The third kappa shape index (κ3) is 3.78. The monoisotopic (exact) mass is 206 g/mol. The van der Waals surface area contributed by atoms with Crippen molar-refractivity contribution in [2.75, 3.05) is 20.1 Å². The van der Waals surface area contributed by atoms with Gasteiger partial charge in [-0.2, -0.15) is 0 Å². The average Bonchev–Trinajstić information content (AvgIpc) is 2.66. The summed E-state index contributed by atoms with van der Waals surface area (Å²) in [5, 5.41) is 3.05. The zero-order chi connectivity index (χ0) is 11.1. The van der Waals surface area contributed by atoms with Gasteiger partial charge in [-0.25, -0.2) is 0 Å². The minimum absolute atomic E-state index is 0.665. The van der Waals surface area contributed by atoms with Crippen molar-refractivity contribution in [3.8, 4) is 12.3 Å². The molecule has 0 saturated heterocycles. The van der Waals surface area contributed by atoms with Crippen molar-refractivity contribution < 1.29 is 4.42 Å². The molecule has 0 saturated carbocycles. The van der Waals surface area contributed by atoms with Crippen LogP contribution in [0.5, 0.6) is 0 Å². The van der Waals surface area contributed by atoms with Crippen molar-refractivity contribution >= 4 is 0 Å². The van der Waals surface area contributed by atoms with Gasteiger partial charge in [0.1, 0.15) is 11.5 Å². The first kappa shape index (κ1) is 11.8. The van der Waals surface area contributed by atoms with E-state index >= 15 is 0 Å². The van der Waals surface area contributed by atoms with Crippen LogP contribution in [-0.2, 0) is 13.1 Å². The maximum Gasteiger partial charge on any atom is 0.118 e. The van der Waals surface area contributed by atoms with Crippen molar-refractivity contribution in [2.45, 2.75) is 20.0 Å². The highest BCUT2D eigenvalue weighted by atomic mass is 16.3. The van der Waals surface area contributed by atoms with Crippen LogP contribution in [0.1, 0.15) is 18.4 Å². The van der Waals surface area contributed by atoms with Gasteiger partial charge in [0.05, 0.1) is 19.6 Å². The number of furan rings is 1. The Labute approximate surface area is 91.5 Å². The van der Waals surface area contributed by atoms with E-state index in [1.54, 1.807) is 0 Å². The minimum Gasteiger partial charge on any atom is -0.463 e. The number of terminal acetylenes is 1. The molecule has 3 nitrogen and oxygen atoms in total. The van der Waals surface area contributed by atoms with Crippen LogP contribution in [-0.4, -0.2) is 25.0 Å². The quantitative estimate of drug-likeness (QED) is 0.714. The second kappa shape index (κ2) is 6.28. The number of rotatable bonds is 6. The van der Waals surface area contributed by atoms with Gasteiger partial charge >= 0.3 is 0 Å². The molecule has 1 aromatic heterocycles. The van der Waals surface area contributed by atoms with Crippen LogP contribution < -0.4 is 5.32 Å². The van der Waals surface area contributed by atoms with Crippen molar-refractivity contribution in [1.29, 1.82) is 0 Å². The standard InChI is InChI=1S/C12H18N2O/c1-4-8-14(5-2)10-12-7-6-11(15-12)9-13-3/h1,6-7,13H,5,8-10H2,2-3H3. The van der Waals surface area contributed by atoms with Crippen LogP contribution in [0.15, 0.2) is 16.5 Å². The van der Waals surface area contributed by atoms with Gasteiger partial charge in [0.25, 0.3) is 0 Å². The molecular formula is C12H18N2O. The minimum atomic E-state index is 0.665. The third-order valence-corrected chi connectivity index (χ3v) is 2.21. The number of hydrogen-bond acceptors (Lipinski definition) is 3. The Hall–Kier alpha value is -1.24. The molecule has 0 amide bonds. The van der Waals surface area contributed by atoms with E-state index in [-0.39, 0.29) is 0 Å². The van der Waals surface area contributed by atoms with Crippen LogP contribution in [0.3, 0.4) is 0 Å². The molecule has 82 valence electrons. The van der Waals surface area contributed by atoms with E-state index in [2.05, 4.69) is 23.1 Å². The Bertz CT molecular complexity index is 325. The second-order valence-corrected chi connectivity index (χ2v) is 3.41. The van der Waals surface area contributed by atoms with Crippen molar-refractivity contribution in [3.63, 3.8) is 0 Å². The van der Waals surface area contributed by atoms with Gasteiger partial charge in [0.2, 0.25) is 0 Å². The summed E-state index contributed by atoms with van der Waals surface area (Å²) < 4.78 is 5.63. The fourth-order valence-corrected chi connectivity index (χ4v) is 1.41. The summed E-state index contributed by atoms with van der Waals surface area (Å²) >= 11 is 0. The molecule has 1 aromatic rings. The van der Waals surface area contributed by atoms with Gasteiger partial charge in [-0.3, -0.25) is 4.90 Å². The Morgan fingerprint density at radius 3 is 2.80 bits per heavy atom. The van der Waals surface area contributed by atoms with Crippen LogP contribution in [0, 0.1) is 12.3 Å². The lowest BCUT2D eigenvalue weighted by atomic mass is 10.4. The normalized spacial score (nSPS) is 10.5. The molecule has 1 rings (SSSR count). The van der Waals surface area contributed by atoms with Gasteiger partial charge in [-0.15, -0.1) is 6.42 Å². The lowest BCUT2D eigenvalue weighted by Gasteiger charge is -2.15. The molecule has 1 heterocycles. The van der Waals surface area contributed by atoms with Crippen LogP contribution in [0.4, 0.5) is 0 Å². The molecule has 0 aliphatic heterocycles. The van der Waals surface area contributed by atoms with E-state index in [1.807, 2.05) is 19.2 Å². The van der Waals surface area contributed by atoms with E-state index < -0.39 is 0 Å². The van der Waals surface area contributed by atoms with Gasteiger partial charge in [-0.05, 0) is 25.7 Å². The molecule has 0 atom stereocenters. The fraction of sp³-hybridized carbons (Fsp3) is 0.500. The molecule has 0 unspecified atom stereocenters. The molecule has 0 aliphatic rings. The predicted octanol–water partition coefficient (Wildman–Crippen LogP) is 1.45. The summed E-state index contributed by atoms with van der Waals surface area (Å²) in [5.74, 6) is 4.57. The van der Waals surface area contributed by atoms with Crippen molar-refractivity contribution in [3.05, 3.63) is 23.7 Å². The maximum absolute atomic E-state index is 5.63. The summed E-state index contributed by atoms with van der Waals surface area (Å²) in [4.78, 5) is 2.15. The van der Waals surface area contributed by atoms with Gasteiger partial charge in [0, 0.05) is 0 Å². The summed E-state index contributed by atoms with van der Waals surface area (Å²) in [6.45, 7) is 5.24. The topological polar surface area (TPSA) is 28.4 Å². The molecule has 0 bridgehead atoms. The van der Waals surface area contributed by atoms with Gasteiger partial charge in [-0.1, -0.05) is 12.8 Å². The highest BCUT2D eigenvalue weighted by Gasteiger charge is 2.06. The second-order valence-electron chi connectivity index (χ2n) is 3.41. The number of nitrogens with zero attached hydrogens (tertiary/aromatic N) is 1. The van der Waals surface area contributed by atoms with Crippen LogP contribution >= 0.6 is 0 Å². The number of nitrogens with one attached hydrogen (secondary N) is 1. The van der Waals surface area contributed by atoms with E-state index in [4.69, 9.17) is 10.8 Å². The zero-order valence-electron chi connectivity index (χ0n) is 9.42. The summed E-state index contributed by atoms with van der Waals surface area (Å²) in [6, 6.07) is 4.00. The van der Waals surface area contributed by atoms with Crippen LogP contribution in [0.25, 0.3) is 0 Å². The number of hydrogen-bond donors (Lipinski definition) is 1. The average molecular weight is 206 g/mol. The molecule has 15 heavy (non-hydrogen) atoms. The Morgan fingerprint density at radius 2 is 2.20 bits per heavy atom. The lowest BCUT2D eigenvalue weighted by molar-refractivity contribution is 0.281. The summed E-state index contributed by atoms with van der Waals surface area (Å²) in [7, 11) is 1.90. The largest absolute Gasteiger partial charge is 0.463 e. The van der Waals surface area contributed by atoms with Crippen LogP contribution in [0.2, 0.25) is 0 Å². The van der Waals surface area contributed by atoms with E-state index in [0.717, 1.165) is 31.2 Å². The molecule has 0 fully saturated rings. The van der Waals surface area contributed by atoms with Gasteiger partial charge < -0.3 is 9.73 Å². The maximum atomic E-state index is 5.63. The Kier molecular flexibility index (Phi) is 4.96. The lowest BCUT2D eigenvalue weighted by Crippen LogP contribution is -2.22. The smallest absolute Gasteiger partial charge is 0.118 e. The highest BCUT2D eigenvalue weighted by Crippen LogP contribution is 2.10. The third-order valence-electron chi connectivity index (χ3n) is 2.21. The Morgan fingerprint density at radius 1 is 1.47 bits per heavy atom.